The Morgan fingerprint density at radius 2 is 1.81 bits per heavy atom. The Bertz CT molecular complexity index is 1070. The fourth-order valence-corrected chi connectivity index (χ4v) is 3.15. The van der Waals surface area contributed by atoms with E-state index in [1.165, 1.54) is 6.07 Å². The third-order valence-electron chi connectivity index (χ3n) is 3.91. The smallest absolute Gasteiger partial charge is 0.449 e. The summed E-state index contributed by atoms with van der Waals surface area (Å²) in [5.41, 5.74) is 1.07. The van der Waals surface area contributed by atoms with Gasteiger partial charge in [-0.2, -0.15) is 13.2 Å². The first kappa shape index (κ1) is 19.2. The van der Waals surface area contributed by atoms with Gasteiger partial charge in [-0.1, -0.05) is 17.7 Å². The van der Waals surface area contributed by atoms with Gasteiger partial charge < -0.3 is 9.30 Å². The molecule has 0 aliphatic carbocycles. The van der Waals surface area contributed by atoms with Crippen molar-refractivity contribution in [3.63, 3.8) is 0 Å². The highest BCUT2D eigenvalue weighted by molar-refractivity contribution is 7.89. The summed E-state index contributed by atoms with van der Waals surface area (Å²) in [6, 6.07) is 10.5. The molecule has 0 aliphatic rings. The first-order chi connectivity index (χ1) is 12.6. The van der Waals surface area contributed by atoms with Gasteiger partial charge in [0.2, 0.25) is 15.8 Å². The predicted octanol–water partition coefficient (Wildman–Crippen LogP) is 3.09. The SMILES string of the molecule is Cc1ccc(OCCn2c(C(F)(F)F)nc3cc(S(N)(=O)=O)ccc32)cc1. The summed E-state index contributed by atoms with van der Waals surface area (Å²) in [6.45, 7) is 1.77. The average Bonchev–Trinajstić information content (AvgIpc) is 2.94. The summed E-state index contributed by atoms with van der Waals surface area (Å²) in [5.74, 6) is -0.591. The fourth-order valence-electron chi connectivity index (χ4n) is 2.62. The Morgan fingerprint density at radius 1 is 1.15 bits per heavy atom. The number of imidazole rings is 1. The number of hydrogen-bond donors (Lipinski definition) is 1. The van der Waals surface area contributed by atoms with Crippen LogP contribution >= 0.6 is 0 Å². The Morgan fingerprint density at radius 3 is 2.41 bits per heavy atom. The zero-order chi connectivity index (χ0) is 19.8. The van der Waals surface area contributed by atoms with E-state index >= 15 is 0 Å². The minimum Gasteiger partial charge on any atom is -0.492 e. The van der Waals surface area contributed by atoms with E-state index in [0.29, 0.717) is 5.75 Å². The second-order valence-corrected chi connectivity index (χ2v) is 7.50. The van der Waals surface area contributed by atoms with E-state index in [0.717, 1.165) is 22.3 Å². The molecule has 1 aromatic heterocycles. The molecule has 10 heteroatoms. The van der Waals surface area contributed by atoms with Crippen LogP contribution in [0.1, 0.15) is 11.4 Å². The van der Waals surface area contributed by atoms with Gasteiger partial charge in [0.25, 0.3) is 0 Å². The van der Waals surface area contributed by atoms with E-state index in [4.69, 9.17) is 9.88 Å². The third kappa shape index (κ3) is 4.22. The number of halogens is 3. The molecule has 3 rings (SSSR count). The number of nitrogens with two attached hydrogens (primary N) is 1. The van der Waals surface area contributed by atoms with Crippen molar-refractivity contribution < 1.29 is 26.3 Å². The Labute approximate surface area is 153 Å². The zero-order valence-electron chi connectivity index (χ0n) is 14.2. The van der Waals surface area contributed by atoms with E-state index < -0.39 is 22.0 Å². The van der Waals surface area contributed by atoms with Crippen LogP contribution in [0.2, 0.25) is 0 Å². The van der Waals surface area contributed by atoms with Gasteiger partial charge in [-0.05, 0) is 37.3 Å². The number of primary sulfonamides is 1. The number of sulfonamides is 1. The topological polar surface area (TPSA) is 87.2 Å². The molecule has 0 fully saturated rings. The Kier molecular flexibility index (Phi) is 4.87. The van der Waals surface area contributed by atoms with Crippen molar-refractivity contribution in [2.24, 2.45) is 5.14 Å². The van der Waals surface area contributed by atoms with Crippen LogP contribution in [0.15, 0.2) is 47.4 Å². The van der Waals surface area contributed by atoms with Gasteiger partial charge in [-0.15, -0.1) is 0 Å². The maximum Gasteiger partial charge on any atom is 0.449 e. The number of rotatable bonds is 5. The molecule has 0 bridgehead atoms. The maximum atomic E-state index is 13.3. The minimum absolute atomic E-state index is 0.0193. The molecule has 0 aliphatic heterocycles. The molecule has 0 saturated heterocycles. The molecular formula is C17H16F3N3O3S. The van der Waals surface area contributed by atoms with E-state index in [9.17, 15) is 21.6 Å². The molecule has 0 spiro atoms. The summed E-state index contributed by atoms with van der Waals surface area (Å²) in [7, 11) is -4.05. The molecule has 27 heavy (non-hydrogen) atoms. The van der Waals surface area contributed by atoms with Crippen molar-refractivity contribution in [3.05, 3.63) is 53.9 Å². The van der Waals surface area contributed by atoms with Crippen LogP contribution in [-0.2, 0) is 22.7 Å². The second-order valence-electron chi connectivity index (χ2n) is 5.94. The molecule has 2 aromatic carbocycles. The monoisotopic (exact) mass is 399 g/mol. The lowest BCUT2D eigenvalue weighted by Crippen LogP contribution is -2.18. The lowest BCUT2D eigenvalue weighted by atomic mass is 10.2. The summed E-state index contributed by atoms with van der Waals surface area (Å²) in [5, 5.41) is 5.03. The van der Waals surface area contributed by atoms with Crippen molar-refractivity contribution in [2.75, 3.05) is 6.61 Å². The van der Waals surface area contributed by atoms with E-state index in [2.05, 4.69) is 4.98 Å². The van der Waals surface area contributed by atoms with Gasteiger partial charge in [0, 0.05) is 0 Å². The molecule has 0 radical (unpaired) electrons. The molecule has 1 heterocycles. The number of benzene rings is 2. The van der Waals surface area contributed by atoms with E-state index in [-0.39, 0.29) is 29.1 Å². The number of aryl methyl sites for hydroxylation is 1. The number of aromatic nitrogens is 2. The number of nitrogens with zero attached hydrogens (tertiary/aromatic N) is 2. The van der Waals surface area contributed by atoms with Gasteiger partial charge in [0.1, 0.15) is 12.4 Å². The van der Waals surface area contributed by atoms with Gasteiger partial charge >= 0.3 is 6.18 Å². The Hall–Kier alpha value is -2.59. The van der Waals surface area contributed by atoms with Crippen LogP contribution in [0.5, 0.6) is 5.75 Å². The van der Waals surface area contributed by atoms with Crippen LogP contribution in [0.25, 0.3) is 11.0 Å². The molecule has 0 atom stereocenters. The number of hydrogen-bond acceptors (Lipinski definition) is 4. The zero-order valence-corrected chi connectivity index (χ0v) is 15.0. The number of fused-ring (bicyclic) bond motifs is 1. The summed E-state index contributed by atoms with van der Waals surface area (Å²) in [4.78, 5) is 3.26. The van der Waals surface area contributed by atoms with Crippen molar-refractivity contribution in [1.82, 2.24) is 9.55 Å². The first-order valence-corrected chi connectivity index (χ1v) is 9.40. The van der Waals surface area contributed by atoms with Crippen molar-refractivity contribution in [3.8, 4) is 5.75 Å². The fraction of sp³-hybridized carbons (Fsp3) is 0.235. The molecule has 0 saturated carbocycles. The molecule has 2 N–H and O–H groups in total. The quantitative estimate of drug-likeness (QED) is 0.714. The predicted molar refractivity (Wildman–Crippen MR) is 92.8 cm³/mol. The number of ether oxygens (including phenoxy) is 1. The highest BCUT2D eigenvalue weighted by Gasteiger charge is 2.37. The lowest BCUT2D eigenvalue weighted by molar-refractivity contribution is -0.147. The molecule has 6 nitrogen and oxygen atoms in total. The molecule has 0 amide bonds. The van der Waals surface area contributed by atoms with Crippen molar-refractivity contribution in [1.29, 1.82) is 0 Å². The summed E-state index contributed by atoms with van der Waals surface area (Å²) >= 11 is 0. The summed E-state index contributed by atoms with van der Waals surface area (Å²) < 4.78 is 69.3. The van der Waals surface area contributed by atoms with Gasteiger partial charge in [0.05, 0.1) is 22.5 Å². The van der Waals surface area contributed by atoms with Crippen LogP contribution < -0.4 is 9.88 Å². The van der Waals surface area contributed by atoms with Gasteiger partial charge in [0.15, 0.2) is 0 Å². The third-order valence-corrected chi connectivity index (χ3v) is 4.82. The van der Waals surface area contributed by atoms with Crippen LogP contribution in [0.4, 0.5) is 13.2 Å². The average molecular weight is 399 g/mol. The normalized spacial score (nSPS) is 12.5. The summed E-state index contributed by atoms with van der Waals surface area (Å²) in [6.07, 6.45) is -4.70. The van der Waals surface area contributed by atoms with Crippen molar-refractivity contribution >= 4 is 21.1 Å². The van der Waals surface area contributed by atoms with Crippen molar-refractivity contribution in [2.45, 2.75) is 24.5 Å². The highest BCUT2D eigenvalue weighted by atomic mass is 32.2. The first-order valence-electron chi connectivity index (χ1n) is 7.85. The molecule has 3 aromatic rings. The standard InChI is InChI=1S/C17H16F3N3O3S/c1-11-2-4-12(5-3-11)26-9-8-23-15-7-6-13(27(21,24)25)10-14(15)22-16(23)17(18,19)20/h2-7,10H,8-9H2,1H3,(H2,21,24,25). The van der Waals surface area contributed by atoms with Crippen LogP contribution in [-0.4, -0.2) is 24.6 Å². The number of alkyl halides is 3. The minimum atomic E-state index is -4.70. The van der Waals surface area contributed by atoms with Crippen LogP contribution in [0.3, 0.4) is 0 Å². The largest absolute Gasteiger partial charge is 0.492 e. The van der Waals surface area contributed by atoms with Gasteiger partial charge in [-0.25, -0.2) is 18.5 Å². The Balaban J connectivity index is 1.93. The van der Waals surface area contributed by atoms with Gasteiger partial charge in [-0.3, -0.25) is 0 Å². The molecule has 0 unspecified atom stereocenters. The molecule has 144 valence electrons. The lowest BCUT2D eigenvalue weighted by Gasteiger charge is -2.12. The highest BCUT2D eigenvalue weighted by Crippen LogP contribution is 2.32. The van der Waals surface area contributed by atoms with E-state index in [1.807, 2.05) is 19.1 Å². The molecular weight excluding hydrogens is 383 g/mol. The maximum absolute atomic E-state index is 13.3. The van der Waals surface area contributed by atoms with Crippen LogP contribution in [0, 0.1) is 6.92 Å². The second kappa shape index (κ2) is 6.86. The van der Waals surface area contributed by atoms with E-state index in [1.54, 1.807) is 12.1 Å².